The maximum Gasteiger partial charge on any atom is 0.339 e. The molecule has 2 aliphatic rings. The second kappa shape index (κ2) is 28.3. The van der Waals surface area contributed by atoms with Gasteiger partial charge < -0.3 is 33.2 Å². The average molecular weight is 1140 g/mol. The van der Waals surface area contributed by atoms with Crippen molar-refractivity contribution in [3.8, 4) is 32.4 Å². The van der Waals surface area contributed by atoms with Crippen LogP contribution in [-0.2, 0) is 28.5 Å². The summed E-state index contributed by atoms with van der Waals surface area (Å²) in [5.74, 6) is -2.67. The van der Waals surface area contributed by atoms with E-state index in [0.29, 0.717) is 58.2 Å². The highest BCUT2D eigenvalue weighted by molar-refractivity contribution is 7.80. The summed E-state index contributed by atoms with van der Waals surface area (Å²) in [6, 6.07) is 32.3. The van der Waals surface area contributed by atoms with Crippen LogP contribution in [0.5, 0.6) is 11.5 Å². The van der Waals surface area contributed by atoms with Gasteiger partial charge in [-0.2, -0.15) is 0 Å². The van der Waals surface area contributed by atoms with Crippen molar-refractivity contribution in [1.29, 1.82) is 0 Å². The van der Waals surface area contributed by atoms with E-state index in [4.69, 9.17) is 57.6 Å². The Bertz CT molecular complexity index is 3110. The van der Waals surface area contributed by atoms with E-state index in [2.05, 4.69) is 6.08 Å². The average Bonchev–Trinajstić information content (AvgIpc) is 4.20. The third-order valence-corrected chi connectivity index (χ3v) is 18.5. The fourth-order valence-corrected chi connectivity index (χ4v) is 13.6. The number of allylic oxidation sites excluding steroid dienone is 2. The van der Waals surface area contributed by atoms with Gasteiger partial charge >= 0.3 is 29.8 Å². The van der Waals surface area contributed by atoms with Crippen LogP contribution in [0.3, 0.4) is 0 Å². The summed E-state index contributed by atoms with van der Waals surface area (Å²) in [6.07, 6.45) is 9.97. The van der Waals surface area contributed by atoms with Crippen molar-refractivity contribution in [3.63, 3.8) is 0 Å². The molecule has 0 saturated heterocycles. The quantitative estimate of drug-likeness (QED) is 0.0178. The fourth-order valence-electron chi connectivity index (χ4n) is 8.81. The molecule has 4 aromatic carbocycles. The lowest BCUT2D eigenvalue weighted by atomic mass is 9.89. The molecule has 1 saturated carbocycles. The van der Waals surface area contributed by atoms with Gasteiger partial charge in [0.1, 0.15) is 31.4 Å². The Morgan fingerprint density at radius 3 is 1.58 bits per heavy atom. The molecule has 8 rings (SSSR count). The van der Waals surface area contributed by atoms with Crippen molar-refractivity contribution in [2.24, 2.45) is 11.8 Å². The van der Waals surface area contributed by atoms with Crippen molar-refractivity contribution in [2.75, 3.05) is 26.4 Å². The van der Waals surface area contributed by atoms with Gasteiger partial charge in [-0.25, -0.2) is 24.0 Å². The highest BCUT2D eigenvalue weighted by atomic mass is 32.9. The number of unbranched alkanes of at least 4 members (excludes halogenated alkanes) is 2. The van der Waals surface area contributed by atoms with Gasteiger partial charge in [-0.1, -0.05) is 102 Å². The van der Waals surface area contributed by atoms with Gasteiger partial charge in [-0.15, -0.1) is 0 Å². The smallest absolute Gasteiger partial charge is 0.339 e. The zero-order valence-electron chi connectivity index (χ0n) is 41.6. The number of fused-ring (bicyclic) bond motifs is 1. The number of carbonyl (C=O) groups is 5. The molecule has 0 amide bonds. The predicted octanol–water partition coefficient (Wildman–Crippen LogP) is 14.8. The van der Waals surface area contributed by atoms with E-state index in [1.165, 1.54) is 36.4 Å². The molecular weight excluding hydrogens is 1080 g/mol. The number of benzene rings is 4. The van der Waals surface area contributed by atoms with Crippen LogP contribution >= 0.6 is 65.8 Å². The van der Waals surface area contributed by atoms with Gasteiger partial charge in [-0.05, 0) is 173 Å². The van der Waals surface area contributed by atoms with E-state index in [0.717, 1.165) is 46.4 Å². The molecule has 18 heteroatoms. The molecule has 1 aliphatic carbocycles. The second-order valence-corrected chi connectivity index (χ2v) is 24.0. The normalized spacial score (nSPS) is 19.3. The minimum Gasteiger partial charge on any atom is -0.494 e. The van der Waals surface area contributed by atoms with E-state index in [-0.39, 0.29) is 53.9 Å². The monoisotopic (exact) mass is 1140 g/mol. The van der Waals surface area contributed by atoms with Crippen molar-refractivity contribution < 1.29 is 57.1 Å². The molecule has 12 nitrogen and oxygen atoms in total. The Balaban J connectivity index is 0.853. The highest BCUT2D eigenvalue weighted by Crippen LogP contribution is 2.40. The first-order valence-corrected chi connectivity index (χ1v) is 30.3. The van der Waals surface area contributed by atoms with Gasteiger partial charge in [0, 0.05) is 21.7 Å². The summed E-state index contributed by atoms with van der Waals surface area (Å²) in [5.41, 5.74) is 2.31. The third-order valence-electron chi connectivity index (χ3n) is 12.7. The first-order chi connectivity index (χ1) is 37.0. The number of carbonyl (C=O) groups excluding carboxylic acids is 5. The van der Waals surface area contributed by atoms with Crippen LogP contribution in [0.25, 0.3) is 20.9 Å². The fraction of sp³-hybridized carbons (Fsp3) is 0.328. The van der Waals surface area contributed by atoms with Crippen LogP contribution in [-0.4, -0.2) is 74.6 Å². The Morgan fingerprint density at radius 1 is 0.592 bits per heavy atom. The number of hydrogen-bond donors (Lipinski definition) is 0. The van der Waals surface area contributed by atoms with Crippen molar-refractivity contribution in [2.45, 2.75) is 83.0 Å². The minimum absolute atomic E-state index is 0.00706. The SMILES string of the molecule is C[C@H]1CCC/C=C/[C@@H]2C[C@H](OC(=O)c3ccccc3C(=O)OCCCCOc3ccc(-c4cc(=S)ss4)cc3)C[C@H]2[C@H](OC(=O)c2ccccc2C(=O)OCCCCOc2ccc(-c3cc(=S)ss3)cc2)/C=C/C(=O)O1. The summed E-state index contributed by atoms with van der Waals surface area (Å²) >= 11 is 10.5. The van der Waals surface area contributed by atoms with E-state index >= 15 is 0 Å². The maximum absolute atomic E-state index is 14.2. The van der Waals surface area contributed by atoms with Crippen LogP contribution in [0.2, 0.25) is 0 Å². The summed E-state index contributed by atoms with van der Waals surface area (Å²) in [5, 5.41) is 0. The lowest BCUT2D eigenvalue weighted by Crippen LogP contribution is -2.29. The summed E-state index contributed by atoms with van der Waals surface area (Å²) < 4.78 is 42.7. The molecule has 1 aliphatic heterocycles. The summed E-state index contributed by atoms with van der Waals surface area (Å²) in [7, 11) is 6.43. The minimum atomic E-state index is -1.00. The lowest BCUT2D eigenvalue weighted by Gasteiger charge is -2.25. The molecule has 76 heavy (non-hydrogen) atoms. The van der Waals surface area contributed by atoms with Crippen LogP contribution in [0.15, 0.2) is 133 Å². The first-order valence-electron chi connectivity index (χ1n) is 25.1. The zero-order valence-corrected chi connectivity index (χ0v) is 46.5. The molecule has 0 spiro atoms. The number of cyclic esters (lactones) is 1. The van der Waals surface area contributed by atoms with Crippen LogP contribution in [0, 0.1) is 19.5 Å². The summed E-state index contributed by atoms with van der Waals surface area (Å²) in [6.45, 7) is 2.90. The standard InChI is InChI=1S/C58H56O12S6/c1-37-13-3-2-4-14-40-33-43(69-57(62)46-17-7-5-15-44(46)55(60)66-31-11-9-29-64-41-23-19-38(20-24-41)50-35-53(71)75-73-50)34-48(40)49(27-28-52(59)68-37)70-58(63)47-18-8-6-16-45(47)56(61)67-32-12-10-30-65-42-25-21-39(22-26-42)51-36-54(72)76-74-51/h4-8,14-28,35-37,40,43,48-49H,2-3,9-13,29-34H2,1H3/b14-4+,28-27+/t37-,40+,43-,48+,49+/m0/s1. The molecule has 396 valence electrons. The van der Waals surface area contributed by atoms with Crippen molar-refractivity contribution in [3.05, 3.63) is 163 Å². The molecule has 3 heterocycles. The first kappa shape index (κ1) is 56.1. The Kier molecular flexibility index (Phi) is 20.9. The van der Waals surface area contributed by atoms with Crippen LogP contribution < -0.4 is 9.47 Å². The van der Waals surface area contributed by atoms with E-state index < -0.39 is 48.0 Å². The van der Waals surface area contributed by atoms with Crippen LogP contribution in [0.1, 0.15) is 106 Å². The lowest BCUT2D eigenvalue weighted by molar-refractivity contribution is -0.142. The number of hydrogen-bond acceptors (Lipinski definition) is 18. The van der Waals surface area contributed by atoms with Crippen molar-refractivity contribution >= 4 is 95.6 Å². The zero-order chi connectivity index (χ0) is 53.2. The Hall–Kier alpha value is -6.15. The van der Waals surface area contributed by atoms with E-state index in [1.807, 2.05) is 73.7 Å². The van der Waals surface area contributed by atoms with Gasteiger partial charge in [0.2, 0.25) is 0 Å². The maximum atomic E-state index is 14.2. The molecule has 0 radical (unpaired) electrons. The van der Waals surface area contributed by atoms with Gasteiger partial charge in [0.15, 0.2) is 0 Å². The molecule has 0 bridgehead atoms. The number of esters is 5. The molecule has 0 unspecified atom stereocenters. The van der Waals surface area contributed by atoms with Crippen molar-refractivity contribution in [1.82, 2.24) is 0 Å². The molecule has 0 N–H and O–H groups in total. The third kappa shape index (κ3) is 16.2. The number of ether oxygens (including phenoxy) is 7. The van der Waals surface area contributed by atoms with Crippen LogP contribution in [0.4, 0.5) is 0 Å². The number of rotatable bonds is 20. The van der Waals surface area contributed by atoms with E-state index in [1.54, 1.807) is 65.6 Å². The van der Waals surface area contributed by atoms with Gasteiger partial charge in [-0.3, -0.25) is 0 Å². The molecule has 6 aromatic rings. The highest BCUT2D eigenvalue weighted by Gasteiger charge is 2.41. The molecule has 2 aromatic heterocycles. The molecular formula is C58H56O12S6. The molecule has 5 atom stereocenters. The Labute approximate surface area is 466 Å². The largest absolute Gasteiger partial charge is 0.494 e. The Morgan fingerprint density at radius 2 is 1.08 bits per heavy atom. The summed E-state index contributed by atoms with van der Waals surface area (Å²) in [4.78, 5) is 70.3. The topological polar surface area (TPSA) is 150 Å². The second-order valence-electron chi connectivity index (χ2n) is 18.2. The predicted molar refractivity (Wildman–Crippen MR) is 302 cm³/mol. The van der Waals surface area contributed by atoms with Gasteiger partial charge in [0.05, 0.1) is 54.8 Å². The van der Waals surface area contributed by atoms with Gasteiger partial charge in [0.25, 0.3) is 0 Å². The molecule has 1 fully saturated rings. The van der Waals surface area contributed by atoms with E-state index in [9.17, 15) is 24.0 Å².